The van der Waals surface area contributed by atoms with Gasteiger partial charge >= 0.3 is 12.0 Å². The van der Waals surface area contributed by atoms with Gasteiger partial charge in [0.15, 0.2) is 0 Å². The molecule has 0 bridgehead atoms. The van der Waals surface area contributed by atoms with Crippen molar-refractivity contribution in [2.24, 2.45) is 5.73 Å². The van der Waals surface area contributed by atoms with E-state index in [0.717, 1.165) is 12.8 Å². The van der Waals surface area contributed by atoms with Crippen LogP contribution in [0.15, 0.2) is 24.3 Å². The zero-order valence-corrected chi connectivity index (χ0v) is 16.0. The van der Waals surface area contributed by atoms with E-state index in [4.69, 9.17) is 15.9 Å². The quantitative estimate of drug-likeness (QED) is 0.217. The number of urea groups is 1. The molecule has 9 heteroatoms. The van der Waals surface area contributed by atoms with Crippen LogP contribution in [0.3, 0.4) is 0 Å². The van der Waals surface area contributed by atoms with E-state index in [1.165, 1.54) is 0 Å². The molecule has 0 spiro atoms. The van der Waals surface area contributed by atoms with Crippen molar-refractivity contribution in [1.29, 1.82) is 5.41 Å². The first-order valence-electron chi connectivity index (χ1n) is 9.38. The van der Waals surface area contributed by atoms with Crippen LogP contribution in [0.2, 0.25) is 0 Å². The molecule has 28 heavy (non-hydrogen) atoms. The van der Waals surface area contributed by atoms with Gasteiger partial charge in [0.25, 0.3) is 0 Å². The Morgan fingerprint density at radius 3 is 2.68 bits per heavy atom. The molecule has 1 aliphatic rings. The van der Waals surface area contributed by atoms with Gasteiger partial charge in [0, 0.05) is 24.3 Å². The second kappa shape index (κ2) is 10.3. The molecule has 5 N–H and O–H groups in total. The van der Waals surface area contributed by atoms with Gasteiger partial charge < -0.3 is 26.0 Å². The van der Waals surface area contributed by atoms with E-state index in [1.807, 2.05) is 6.92 Å². The Labute approximate surface area is 164 Å². The number of nitrogens with two attached hydrogens (primary N) is 1. The number of nitrogens with one attached hydrogen (secondary N) is 3. The molecule has 9 nitrogen and oxygen atoms in total. The zero-order chi connectivity index (χ0) is 20.5. The number of hydrogen-bond donors (Lipinski definition) is 4. The minimum atomic E-state index is -0.621. The molecular formula is C19H27N5O4. The van der Waals surface area contributed by atoms with Crippen molar-refractivity contribution in [3.63, 3.8) is 0 Å². The fraction of sp³-hybridized carbons (Fsp3) is 0.474. The highest BCUT2D eigenvalue weighted by atomic mass is 16.5. The number of carbonyl (C=O) groups excluding carboxylic acids is 3. The summed E-state index contributed by atoms with van der Waals surface area (Å²) in [6, 6.07) is 5.69. The van der Waals surface area contributed by atoms with Crippen LogP contribution in [0.25, 0.3) is 0 Å². The maximum Gasteiger partial charge on any atom is 0.315 e. The van der Waals surface area contributed by atoms with Crippen molar-refractivity contribution >= 4 is 29.4 Å². The number of anilines is 1. The predicted octanol–water partition coefficient (Wildman–Crippen LogP) is 1.11. The van der Waals surface area contributed by atoms with Gasteiger partial charge in [-0.3, -0.25) is 15.0 Å². The smallest absolute Gasteiger partial charge is 0.315 e. The summed E-state index contributed by atoms with van der Waals surface area (Å²) in [7, 11) is 0. The van der Waals surface area contributed by atoms with Crippen LogP contribution < -0.4 is 21.3 Å². The number of amidine groups is 1. The zero-order valence-electron chi connectivity index (χ0n) is 16.0. The largest absolute Gasteiger partial charge is 0.466 e. The molecule has 0 saturated carbocycles. The van der Waals surface area contributed by atoms with Gasteiger partial charge in [0.1, 0.15) is 11.9 Å². The molecule has 152 valence electrons. The lowest BCUT2D eigenvalue weighted by molar-refractivity contribution is -0.143. The standard InChI is InChI=1S/C19H27N5O4/c1-2-3-12-28-16(25)8-10-22-19(27)23-15-9-11-24(18(15)26)14-6-4-13(5-7-14)17(20)21/h4-7,15H,2-3,8-12H2,1H3,(H3,20,21)(H2,22,23,27)/t15-/m0/s1. The van der Waals surface area contributed by atoms with Crippen LogP contribution in [0, 0.1) is 5.41 Å². The van der Waals surface area contributed by atoms with E-state index in [-0.39, 0.29) is 30.7 Å². The van der Waals surface area contributed by atoms with Crippen molar-refractivity contribution in [2.45, 2.75) is 38.6 Å². The van der Waals surface area contributed by atoms with Gasteiger partial charge in [-0.05, 0) is 37.1 Å². The molecule has 1 aromatic rings. The maximum atomic E-state index is 12.5. The third-order valence-corrected chi connectivity index (χ3v) is 4.38. The number of rotatable bonds is 9. The lowest BCUT2D eigenvalue weighted by Gasteiger charge is -2.18. The van der Waals surface area contributed by atoms with Crippen LogP contribution >= 0.6 is 0 Å². The van der Waals surface area contributed by atoms with Gasteiger partial charge in [-0.25, -0.2) is 4.79 Å². The Hall–Kier alpha value is -3.10. The maximum absolute atomic E-state index is 12.5. The average Bonchev–Trinajstić information content (AvgIpc) is 3.02. The number of benzene rings is 1. The fourth-order valence-corrected chi connectivity index (χ4v) is 2.78. The lowest BCUT2D eigenvalue weighted by atomic mass is 10.2. The van der Waals surface area contributed by atoms with Crippen molar-refractivity contribution in [3.8, 4) is 0 Å². The first-order valence-corrected chi connectivity index (χ1v) is 9.38. The molecule has 1 aliphatic heterocycles. The van der Waals surface area contributed by atoms with Crippen LogP contribution in [-0.2, 0) is 14.3 Å². The van der Waals surface area contributed by atoms with Crippen molar-refractivity contribution in [2.75, 3.05) is 24.6 Å². The third-order valence-electron chi connectivity index (χ3n) is 4.38. The molecule has 1 aromatic carbocycles. The van der Waals surface area contributed by atoms with Crippen LogP contribution in [0.4, 0.5) is 10.5 Å². The van der Waals surface area contributed by atoms with Gasteiger partial charge in [0.05, 0.1) is 13.0 Å². The lowest BCUT2D eigenvalue weighted by Crippen LogP contribution is -2.46. The summed E-state index contributed by atoms with van der Waals surface area (Å²) in [4.78, 5) is 37.6. The van der Waals surface area contributed by atoms with E-state index in [9.17, 15) is 14.4 Å². The highest BCUT2D eigenvalue weighted by Crippen LogP contribution is 2.22. The Bertz CT molecular complexity index is 720. The topological polar surface area (TPSA) is 138 Å². The number of nitrogen functional groups attached to an aromatic ring is 1. The van der Waals surface area contributed by atoms with Crippen LogP contribution in [0.5, 0.6) is 0 Å². The fourth-order valence-electron chi connectivity index (χ4n) is 2.78. The number of amides is 3. The Morgan fingerprint density at radius 1 is 1.32 bits per heavy atom. The van der Waals surface area contributed by atoms with Crippen molar-refractivity contribution in [1.82, 2.24) is 10.6 Å². The third kappa shape index (κ3) is 5.97. The van der Waals surface area contributed by atoms with E-state index < -0.39 is 12.1 Å². The average molecular weight is 389 g/mol. The van der Waals surface area contributed by atoms with Crippen LogP contribution in [-0.4, -0.2) is 49.5 Å². The Kier molecular flexibility index (Phi) is 7.79. The monoisotopic (exact) mass is 389 g/mol. The molecule has 1 heterocycles. The second-order valence-corrected chi connectivity index (χ2v) is 6.52. The summed E-state index contributed by atoms with van der Waals surface area (Å²) in [5, 5.41) is 12.6. The summed E-state index contributed by atoms with van der Waals surface area (Å²) in [5.74, 6) is -0.597. The molecule has 1 atom stereocenters. The predicted molar refractivity (Wildman–Crippen MR) is 105 cm³/mol. The molecule has 0 radical (unpaired) electrons. The highest BCUT2D eigenvalue weighted by molar-refractivity contribution is 6.02. The molecule has 0 aromatic heterocycles. The number of unbranched alkanes of at least 4 members (excludes halogenated alkanes) is 1. The second-order valence-electron chi connectivity index (χ2n) is 6.52. The van der Waals surface area contributed by atoms with Crippen molar-refractivity contribution < 1.29 is 19.1 Å². The van der Waals surface area contributed by atoms with Gasteiger partial charge in [-0.1, -0.05) is 13.3 Å². The van der Waals surface area contributed by atoms with E-state index in [2.05, 4.69) is 10.6 Å². The summed E-state index contributed by atoms with van der Waals surface area (Å²) >= 11 is 0. The van der Waals surface area contributed by atoms with Gasteiger partial charge in [0.2, 0.25) is 5.91 Å². The molecule has 0 aliphatic carbocycles. The Balaban J connectivity index is 1.76. The summed E-state index contributed by atoms with van der Waals surface area (Å²) in [6.45, 7) is 3.02. The molecule has 1 saturated heterocycles. The van der Waals surface area contributed by atoms with E-state index in [1.54, 1.807) is 29.2 Å². The summed E-state index contributed by atoms with van der Waals surface area (Å²) in [5.41, 5.74) is 6.70. The Morgan fingerprint density at radius 2 is 2.04 bits per heavy atom. The summed E-state index contributed by atoms with van der Waals surface area (Å²) < 4.78 is 5.01. The highest BCUT2D eigenvalue weighted by Gasteiger charge is 2.33. The number of nitrogens with zero attached hydrogens (tertiary/aromatic N) is 1. The molecule has 0 unspecified atom stereocenters. The first-order chi connectivity index (χ1) is 13.4. The first kappa shape index (κ1) is 21.2. The number of hydrogen-bond acceptors (Lipinski definition) is 5. The number of carbonyl (C=O) groups is 3. The SMILES string of the molecule is CCCCOC(=O)CCNC(=O)N[C@H]1CCN(c2ccc(C(=N)N)cc2)C1=O. The molecule has 1 fully saturated rings. The molecule has 2 rings (SSSR count). The van der Waals surface area contributed by atoms with Gasteiger partial charge in [-0.2, -0.15) is 0 Å². The van der Waals surface area contributed by atoms with Crippen LogP contribution in [0.1, 0.15) is 38.2 Å². The number of ether oxygens (including phenoxy) is 1. The van der Waals surface area contributed by atoms with Gasteiger partial charge in [-0.15, -0.1) is 0 Å². The molecular weight excluding hydrogens is 362 g/mol. The molecule has 3 amide bonds. The normalized spacial score (nSPS) is 16.0. The van der Waals surface area contributed by atoms with E-state index >= 15 is 0 Å². The number of esters is 1. The minimum Gasteiger partial charge on any atom is -0.466 e. The van der Waals surface area contributed by atoms with Crippen molar-refractivity contribution in [3.05, 3.63) is 29.8 Å². The minimum absolute atomic E-state index is 0.0373. The van der Waals surface area contributed by atoms with E-state index in [0.29, 0.717) is 30.8 Å². The summed E-state index contributed by atoms with van der Waals surface area (Å²) in [6.07, 6.45) is 2.34.